The monoisotopic (exact) mass is 414 g/mol. The summed E-state index contributed by atoms with van der Waals surface area (Å²) in [6.45, 7) is 3.39. The lowest BCUT2D eigenvalue weighted by Gasteiger charge is -2.20. The van der Waals surface area contributed by atoms with E-state index in [9.17, 15) is 30.3 Å². The zero-order valence-corrected chi connectivity index (χ0v) is 16.7. The fraction of sp³-hybridized carbons (Fsp3) is 0.368. The van der Waals surface area contributed by atoms with Crippen LogP contribution in [0.1, 0.15) is 51.7 Å². The molecule has 1 N–H and O–H groups in total. The van der Waals surface area contributed by atoms with Crippen molar-refractivity contribution < 1.29 is 14.6 Å². The minimum Gasteiger partial charge on any atom is -0.312 e. The van der Waals surface area contributed by atoms with E-state index in [-0.39, 0.29) is 11.1 Å². The van der Waals surface area contributed by atoms with Gasteiger partial charge in [0.2, 0.25) is 0 Å². The molecule has 10 heteroatoms. The molecule has 0 aliphatic heterocycles. The third kappa shape index (κ3) is 3.82. The van der Waals surface area contributed by atoms with Gasteiger partial charge in [0.25, 0.3) is 17.3 Å². The molecule has 1 aliphatic carbocycles. The predicted molar refractivity (Wildman–Crippen MR) is 107 cm³/mol. The molecule has 0 saturated carbocycles. The maximum absolute atomic E-state index is 12.7. The van der Waals surface area contributed by atoms with E-state index in [4.69, 9.17) is 0 Å². The van der Waals surface area contributed by atoms with Crippen LogP contribution >= 0.6 is 11.3 Å². The first-order valence-electron chi connectivity index (χ1n) is 9.06. The van der Waals surface area contributed by atoms with Crippen LogP contribution in [-0.2, 0) is 12.8 Å². The van der Waals surface area contributed by atoms with Crippen molar-refractivity contribution >= 4 is 33.6 Å². The smallest absolute Gasteiger partial charge is 0.279 e. The van der Waals surface area contributed by atoms with Crippen molar-refractivity contribution in [3.63, 3.8) is 0 Å². The topological polar surface area (TPSA) is 139 Å². The van der Waals surface area contributed by atoms with Gasteiger partial charge in [-0.2, -0.15) is 5.26 Å². The van der Waals surface area contributed by atoms with E-state index in [0.29, 0.717) is 16.5 Å². The standard InChI is InChI=1S/C19H18N4O5S/c1-3-11-4-5-13-14(9-20)19(29-17(13)6-11)21-18(24)12-7-15(22(25)26)10(2)16(8-12)23(27)28/h7-8,11H,3-6H2,1-2H3,(H,21,24). The second-order valence-corrected chi connectivity index (χ2v) is 8.05. The molecular formula is C19H18N4O5S. The molecule has 1 aromatic heterocycles. The van der Waals surface area contributed by atoms with Crippen molar-refractivity contribution in [1.29, 1.82) is 5.26 Å². The van der Waals surface area contributed by atoms with Gasteiger partial charge < -0.3 is 5.32 Å². The minimum atomic E-state index is -0.755. The second-order valence-electron chi connectivity index (χ2n) is 6.94. The number of nitro benzene ring substituents is 2. The lowest BCUT2D eigenvalue weighted by Crippen LogP contribution is -2.13. The molecule has 3 rings (SSSR count). The van der Waals surface area contributed by atoms with E-state index < -0.39 is 27.1 Å². The Bertz CT molecular complexity index is 1030. The van der Waals surface area contributed by atoms with Gasteiger partial charge in [0, 0.05) is 17.0 Å². The molecule has 2 aromatic rings. The largest absolute Gasteiger partial charge is 0.312 e. The molecule has 0 radical (unpaired) electrons. The number of carbonyl (C=O) groups is 1. The van der Waals surface area contributed by atoms with E-state index in [1.807, 2.05) is 0 Å². The van der Waals surface area contributed by atoms with Gasteiger partial charge in [0.15, 0.2) is 0 Å². The van der Waals surface area contributed by atoms with Crippen LogP contribution in [0.2, 0.25) is 0 Å². The van der Waals surface area contributed by atoms with Crippen LogP contribution in [0.15, 0.2) is 12.1 Å². The normalized spacial score (nSPS) is 15.3. The number of nitro groups is 2. The number of benzene rings is 1. The molecule has 150 valence electrons. The zero-order chi connectivity index (χ0) is 21.3. The summed E-state index contributed by atoms with van der Waals surface area (Å²) in [6, 6.07) is 4.18. The molecule has 0 bridgehead atoms. The van der Waals surface area contributed by atoms with Gasteiger partial charge in [0.1, 0.15) is 16.6 Å². The average molecular weight is 414 g/mol. The Morgan fingerprint density at radius 3 is 2.45 bits per heavy atom. The van der Waals surface area contributed by atoms with E-state index in [0.717, 1.165) is 48.3 Å². The van der Waals surface area contributed by atoms with E-state index in [2.05, 4.69) is 18.3 Å². The van der Waals surface area contributed by atoms with Crippen molar-refractivity contribution in [3.05, 3.63) is 59.5 Å². The van der Waals surface area contributed by atoms with Crippen LogP contribution in [0, 0.1) is 44.4 Å². The molecule has 9 nitrogen and oxygen atoms in total. The number of rotatable bonds is 5. The van der Waals surface area contributed by atoms with Gasteiger partial charge in [-0.1, -0.05) is 13.3 Å². The minimum absolute atomic E-state index is 0.119. The number of nitrogens with zero attached hydrogens (tertiary/aromatic N) is 3. The molecule has 1 aromatic carbocycles. The molecule has 0 fully saturated rings. The zero-order valence-electron chi connectivity index (χ0n) is 15.9. The molecule has 1 aliphatic rings. The summed E-state index contributed by atoms with van der Waals surface area (Å²) in [6.07, 6.45) is 3.64. The Balaban J connectivity index is 1.98. The molecule has 1 unspecified atom stereocenters. The lowest BCUT2D eigenvalue weighted by molar-refractivity contribution is -0.395. The summed E-state index contributed by atoms with van der Waals surface area (Å²) in [5, 5.41) is 35.0. The summed E-state index contributed by atoms with van der Waals surface area (Å²) in [5.74, 6) is -0.183. The Labute approximate surface area is 170 Å². The summed E-state index contributed by atoms with van der Waals surface area (Å²) in [4.78, 5) is 34.7. The highest BCUT2D eigenvalue weighted by molar-refractivity contribution is 7.16. The first kappa shape index (κ1) is 20.4. The quantitative estimate of drug-likeness (QED) is 0.564. The molecule has 1 heterocycles. The van der Waals surface area contributed by atoms with Crippen LogP contribution in [-0.4, -0.2) is 15.8 Å². The number of nitriles is 1. The summed E-state index contributed by atoms with van der Waals surface area (Å²) < 4.78 is 0. The van der Waals surface area contributed by atoms with Crippen molar-refractivity contribution in [2.45, 2.75) is 39.5 Å². The fourth-order valence-electron chi connectivity index (χ4n) is 3.58. The summed E-state index contributed by atoms with van der Waals surface area (Å²) in [7, 11) is 0. The van der Waals surface area contributed by atoms with Crippen LogP contribution in [0.5, 0.6) is 0 Å². The molecule has 1 amide bonds. The number of carbonyl (C=O) groups excluding carboxylic acids is 1. The molecule has 1 atom stereocenters. The average Bonchev–Trinajstić information content (AvgIpc) is 3.03. The number of amides is 1. The first-order valence-corrected chi connectivity index (χ1v) is 9.87. The van der Waals surface area contributed by atoms with Crippen LogP contribution in [0.25, 0.3) is 0 Å². The maximum Gasteiger partial charge on any atom is 0.279 e. The number of nitrogens with one attached hydrogen (secondary N) is 1. The van der Waals surface area contributed by atoms with E-state index in [1.165, 1.54) is 18.3 Å². The molecule has 0 saturated heterocycles. The predicted octanol–water partition coefficient (Wildman–Crippen LogP) is 4.51. The van der Waals surface area contributed by atoms with Gasteiger partial charge in [-0.3, -0.25) is 25.0 Å². The number of hydrogen-bond acceptors (Lipinski definition) is 7. The second kappa shape index (κ2) is 7.97. The molecule has 0 spiro atoms. The van der Waals surface area contributed by atoms with E-state index in [1.54, 1.807) is 0 Å². The van der Waals surface area contributed by atoms with Gasteiger partial charge in [-0.15, -0.1) is 11.3 Å². The van der Waals surface area contributed by atoms with Crippen molar-refractivity contribution in [2.75, 3.05) is 5.32 Å². The Morgan fingerprint density at radius 1 is 1.31 bits per heavy atom. The Kier molecular flexibility index (Phi) is 5.61. The van der Waals surface area contributed by atoms with Gasteiger partial charge in [-0.25, -0.2) is 0 Å². The van der Waals surface area contributed by atoms with Crippen molar-refractivity contribution in [1.82, 2.24) is 0 Å². The van der Waals surface area contributed by atoms with Crippen LogP contribution in [0.3, 0.4) is 0 Å². The summed E-state index contributed by atoms with van der Waals surface area (Å²) >= 11 is 1.33. The van der Waals surface area contributed by atoms with Gasteiger partial charge in [0.05, 0.1) is 21.0 Å². The van der Waals surface area contributed by atoms with Gasteiger partial charge >= 0.3 is 0 Å². The van der Waals surface area contributed by atoms with Crippen molar-refractivity contribution in [3.8, 4) is 6.07 Å². The maximum atomic E-state index is 12.7. The third-order valence-electron chi connectivity index (χ3n) is 5.29. The molecular weight excluding hydrogens is 396 g/mol. The first-order chi connectivity index (χ1) is 13.8. The van der Waals surface area contributed by atoms with Crippen LogP contribution in [0.4, 0.5) is 16.4 Å². The SMILES string of the molecule is CCC1CCc2c(sc(NC(=O)c3cc([N+](=O)[O-])c(C)c([N+](=O)[O-])c3)c2C#N)C1. The number of hydrogen-bond donors (Lipinski definition) is 1. The third-order valence-corrected chi connectivity index (χ3v) is 6.46. The number of thiophene rings is 1. The summed E-state index contributed by atoms with van der Waals surface area (Å²) in [5.41, 5.74) is 0.0340. The van der Waals surface area contributed by atoms with Gasteiger partial charge in [-0.05, 0) is 37.7 Å². The van der Waals surface area contributed by atoms with Crippen LogP contribution < -0.4 is 5.32 Å². The lowest BCUT2D eigenvalue weighted by atomic mass is 9.86. The Morgan fingerprint density at radius 2 is 1.93 bits per heavy atom. The van der Waals surface area contributed by atoms with Crippen molar-refractivity contribution in [2.24, 2.45) is 5.92 Å². The number of anilines is 1. The highest BCUT2D eigenvalue weighted by Gasteiger charge is 2.28. The molecule has 29 heavy (non-hydrogen) atoms. The number of fused-ring (bicyclic) bond motifs is 1. The highest BCUT2D eigenvalue weighted by atomic mass is 32.1. The van der Waals surface area contributed by atoms with E-state index >= 15 is 0 Å². The fourth-order valence-corrected chi connectivity index (χ4v) is 4.89. The highest BCUT2D eigenvalue weighted by Crippen LogP contribution is 2.40. The Hall–Kier alpha value is -3.32.